The number of hydrogen-bond donors (Lipinski definition) is 1. The Hall–Kier alpha value is -2.47. The lowest BCUT2D eigenvalue weighted by atomic mass is 10.1. The summed E-state index contributed by atoms with van der Waals surface area (Å²) in [5.74, 6) is 0.989. The first-order valence-electron chi connectivity index (χ1n) is 13.3. The molecule has 2 fully saturated rings. The molecule has 2 aliphatic rings. The Morgan fingerprint density at radius 1 is 1.05 bits per heavy atom. The Bertz CT molecular complexity index is 1340. The maximum Gasteiger partial charge on any atom is 0.274 e. The fraction of sp³-hybridized carbons (Fsp3) is 0.556. The Morgan fingerprint density at radius 3 is 2.45 bits per heavy atom. The van der Waals surface area contributed by atoms with E-state index in [9.17, 15) is 13.5 Å². The van der Waals surface area contributed by atoms with Gasteiger partial charge < -0.3 is 19.6 Å². The van der Waals surface area contributed by atoms with Gasteiger partial charge in [-0.3, -0.25) is 0 Å². The van der Waals surface area contributed by atoms with Gasteiger partial charge in [0.2, 0.25) is 10.0 Å². The standard InChI is InChI=1S/C27H37N5O4S2/c1-20-4-7-25(28-19-20)31-11-8-22(9-12-31)36-26-29-23-6-5-21(18-24(23)37-26)30-13-15-32(16-14-30)38(34,35)17-10-27(2,3)33/h4-7,18-19,22,33H,8-17H2,1-3H3. The molecule has 0 amide bonds. The summed E-state index contributed by atoms with van der Waals surface area (Å²) in [6, 6.07) is 10.4. The third-order valence-corrected chi connectivity index (χ3v) is 10.0. The molecule has 0 aliphatic carbocycles. The van der Waals surface area contributed by atoms with Gasteiger partial charge in [-0.05, 0) is 57.0 Å². The molecule has 0 bridgehead atoms. The highest BCUT2D eigenvalue weighted by atomic mass is 32.2. The van der Waals surface area contributed by atoms with Crippen molar-refractivity contribution in [3.8, 4) is 5.19 Å². The molecule has 5 rings (SSSR count). The van der Waals surface area contributed by atoms with Crippen molar-refractivity contribution < 1.29 is 18.3 Å². The Balaban J connectivity index is 1.15. The third kappa shape index (κ3) is 6.56. The molecule has 2 aliphatic heterocycles. The van der Waals surface area contributed by atoms with Crippen molar-refractivity contribution in [3.05, 3.63) is 42.1 Å². The highest BCUT2D eigenvalue weighted by Crippen LogP contribution is 2.33. The molecule has 11 heteroatoms. The van der Waals surface area contributed by atoms with Crippen LogP contribution in [0.3, 0.4) is 0 Å². The molecule has 1 aromatic carbocycles. The summed E-state index contributed by atoms with van der Waals surface area (Å²) in [5.41, 5.74) is 2.17. The van der Waals surface area contributed by atoms with Crippen LogP contribution in [0.4, 0.5) is 11.5 Å². The van der Waals surface area contributed by atoms with Crippen LogP contribution >= 0.6 is 11.3 Å². The molecule has 206 valence electrons. The summed E-state index contributed by atoms with van der Waals surface area (Å²) < 4.78 is 34.3. The number of pyridine rings is 1. The van der Waals surface area contributed by atoms with Gasteiger partial charge in [-0.25, -0.2) is 18.4 Å². The van der Waals surface area contributed by atoms with E-state index in [0.29, 0.717) is 31.4 Å². The molecule has 2 aromatic heterocycles. The van der Waals surface area contributed by atoms with E-state index in [1.54, 1.807) is 29.5 Å². The number of benzene rings is 1. The molecule has 0 unspecified atom stereocenters. The number of piperazine rings is 1. The molecule has 38 heavy (non-hydrogen) atoms. The third-order valence-electron chi connectivity index (χ3n) is 7.25. The van der Waals surface area contributed by atoms with Gasteiger partial charge in [0.05, 0.1) is 21.6 Å². The van der Waals surface area contributed by atoms with Crippen molar-refractivity contribution in [1.29, 1.82) is 0 Å². The maximum atomic E-state index is 12.7. The fourth-order valence-electron chi connectivity index (χ4n) is 4.86. The first-order valence-corrected chi connectivity index (χ1v) is 15.7. The number of ether oxygens (including phenoxy) is 1. The largest absolute Gasteiger partial charge is 0.467 e. The SMILES string of the molecule is Cc1ccc(N2CCC(Oc3nc4ccc(N5CCN(S(=O)(=O)CCC(C)(C)O)CC5)cc4s3)CC2)nc1. The van der Waals surface area contributed by atoms with Crippen molar-refractivity contribution in [2.45, 2.75) is 51.7 Å². The zero-order valence-electron chi connectivity index (χ0n) is 22.3. The van der Waals surface area contributed by atoms with Crippen LogP contribution in [0.5, 0.6) is 5.19 Å². The van der Waals surface area contributed by atoms with Crippen molar-refractivity contribution in [2.75, 3.05) is 54.8 Å². The second-order valence-electron chi connectivity index (χ2n) is 10.9. The van der Waals surface area contributed by atoms with E-state index in [-0.39, 0.29) is 18.3 Å². The number of anilines is 2. The van der Waals surface area contributed by atoms with Gasteiger partial charge >= 0.3 is 0 Å². The van der Waals surface area contributed by atoms with Crippen LogP contribution in [0.1, 0.15) is 38.7 Å². The van der Waals surface area contributed by atoms with Gasteiger partial charge in [0.15, 0.2) is 0 Å². The van der Waals surface area contributed by atoms with Crippen LogP contribution in [0, 0.1) is 6.92 Å². The van der Waals surface area contributed by atoms with Gasteiger partial charge in [0, 0.05) is 64.0 Å². The minimum absolute atomic E-state index is 0.0338. The summed E-state index contributed by atoms with van der Waals surface area (Å²) in [6.45, 7) is 9.30. The summed E-state index contributed by atoms with van der Waals surface area (Å²) >= 11 is 1.57. The van der Waals surface area contributed by atoms with E-state index in [0.717, 1.165) is 47.7 Å². The van der Waals surface area contributed by atoms with Crippen LogP contribution in [-0.2, 0) is 10.0 Å². The second-order valence-corrected chi connectivity index (χ2v) is 14.0. The van der Waals surface area contributed by atoms with Gasteiger partial charge in [0.25, 0.3) is 5.19 Å². The van der Waals surface area contributed by atoms with Crippen LogP contribution in [0.15, 0.2) is 36.5 Å². The molecule has 1 N–H and O–H groups in total. The summed E-state index contributed by atoms with van der Waals surface area (Å²) in [6.07, 6.45) is 4.14. The van der Waals surface area contributed by atoms with Crippen LogP contribution < -0.4 is 14.5 Å². The summed E-state index contributed by atoms with van der Waals surface area (Å²) in [7, 11) is -3.37. The van der Waals surface area contributed by atoms with Crippen LogP contribution in [0.25, 0.3) is 10.2 Å². The second kappa shape index (κ2) is 11.0. The molecule has 2 saturated heterocycles. The minimum atomic E-state index is -3.37. The van der Waals surface area contributed by atoms with Gasteiger partial charge in [-0.15, -0.1) is 0 Å². The molecular weight excluding hydrogens is 522 g/mol. The highest BCUT2D eigenvalue weighted by molar-refractivity contribution is 7.89. The normalized spacial score (nSPS) is 18.3. The molecule has 0 spiro atoms. The molecule has 3 aromatic rings. The number of rotatable bonds is 8. The number of hydrogen-bond acceptors (Lipinski definition) is 9. The molecule has 0 saturated carbocycles. The number of sulfonamides is 1. The van der Waals surface area contributed by atoms with Gasteiger partial charge in [0.1, 0.15) is 11.9 Å². The van der Waals surface area contributed by atoms with Crippen molar-refractivity contribution >= 4 is 43.1 Å². The highest BCUT2D eigenvalue weighted by Gasteiger charge is 2.29. The van der Waals surface area contributed by atoms with Crippen molar-refractivity contribution in [3.63, 3.8) is 0 Å². The number of piperidine rings is 1. The average molecular weight is 560 g/mol. The maximum absolute atomic E-state index is 12.7. The number of nitrogens with zero attached hydrogens (tertiary/aromatic N) is 5. The lowest BCUT2D eigenvalue weighted by Gasteiger charge is -2.35. The summed E-state index contributed by atoms with van der Waals surface area (Å²) in [4.78, 5) is 13.8. The zero-order valence-corrected chi connectivity index (χ0v) is 24.0. The van der Waals surface area contributed by atoms with E-state index in [1.807, 2.05) is 19.2 Å². The Morgan fingerprint density at radius 2 is 1.79 bits per heavy atom. The minimum Gasteiger partial charge on any atom is -0.467 e. The monoisotopic (exact) mass is 559 g/mol. The first kappa shape index (κ1) is 27.1. The van der Waals surface area contributed by atoms with Gasteiger partial charge in [-0.2, -0.15) is 4.31 Å². The van der Waals surface area contributed by atoms with E-state index in [4.69, 9.17) is 9.72 Å². The molecular formula is C27H37N5O4S2. The fourth-order valence-corrected chi connectivity index (χ4v) is 7.51. The molecule has 9 nitrogen and oxygen atoms in total. The number of aryl methyl sites for hydroxylation is 1. The van der Waals surface area contributed by atoms with E-state index in [1.165, 1.54) is 5.56 Å². The van der Waals surface area contributed by atoms with E-state index in [2.05, 4.69) is 39.0 Å². The number of thiazole rings is 1. The first-order chi connectivity index (χ1) is 18.1. The lowest BCUT2D eigenvalue weighted by molar-refractivity contribution is 0.0768. The smallest absolute Gasteiger partial charge is 0.274 e. The summed E-state index contributed by atoms with van der Waals surface area (Å²) in [5, 5.41) is 10.6. The quantitative estimate of drug-likeness (QED) is 0.447. The molecule has 0 atom stereocenters. The van der Waals surface area contributed by atoms with E-state index < -0.39 is 15.6 Å². The van der Waals surface area contributed by atoms with Crippen LogP contribution in [0.2, 0.25) is 0 Å². The number of aromatic nitrogens is 2. The Labute approximate surface area is 229 Å². The van der Waals surface area contributed by atoms with Crippen LogP contribution in [-0.4, -0.2) is 84.5 Å². The predicted molar refractivity (Wildman–Crippen MR) is 153 cm³/mol. The number of fused-ring (bicyclic) bond motifs is 1. The number of aliphatic hydroxyl groups is 1. The molecule has 0 radical (unpaired) electrons. The average Bonchev–Trinajstić information content (AvgIpc) is 3.30. The molecule has 4 heterocycles. The van der Waals surface area contributed by atoms with Crippen molar-refractivity contribution in [1.82, 2.24) is 14.3 Å². The predicted octanol–water partition coefficient (Wildman–Crippen LogP) is 3.66. The Kier molecular flexibility index (Phi) is 7.82. The zero-order chi connectivity index (χ0) is 26.9. The van der Waals surface area contributed by atoms with E-state index >= 15 is 0 Å². The topological polar surface area (TPSA) is 99.1 Å². The van der Waals surface area contributed by atoms with Crippen molar-refractivity contribution in [2.24, 2.45) is 0 Å². The lowest BCUT2D eigenvalue weighted by Crippen LogP contribution is -2.49. The van der Waals surface area contributed by atoms with Gasteiger partial charge in [-0.1, -0.05) is 17.4 Å².